The van der Waals surface area contributed by atoms with Gasteiger partial charge in [-0.1, -0.05) is 25.4 Å². The first-order valence-corrected chi connectivity index (χ1v) is 7.16. The van der Waals surface area contributed by atoms with Gasteiger partial charge in [0.25, 0.3) is 0 Å². The molecule has 0 aromatic heterocycles. The zero-order valence-electron chi connectivity index (χ0n) is 12.3. The normalized spacial score (nSPS) is 12.8. The minimum atomic E-state index is 0.0880. The molecule has 0 amide bonds. The van der Waals surface area contributed by atoms with Gasteiger partial charge in [0.1, 0.15) is 0 Å². The van der Waals surface area contributed by atoms with Crippen molar-refractivity contribution in [3.63, 3.8) is 0 Å². The molecule has 0 bridgehead atoms. The molecule has 0 spiro atoms. The van der Waals surface area contributed by atoms with Gasteiger partial charge in [0.2, 0.25) is 0 Å². The van der Waals surface area contributed by atoms with Crippen molar-refractivity contribution in [2.75, 3.05) is 25.1 Å². The quantitative estimate of drug-likeness (QED) is 0.808. The first-order valence-electron chi connectivity index (χ1n) is 6.78. The Morgan fingerprint density at radius 2 is 2.00 bits per heavy atom. The van der Waals surface area contributed by atoms with E-state index < -0.39 is 0 Å². The van der Waals surface area contributed by atoms with Gasteiger partial charge in [-0.05, 0) is 43.1 Å². The maximum Gasteiger partial charge on any atom is 0.0632 e. The lowest BCUT2D eigenvalue weighted by atomic mass is 10.1. The van der Waals surface area contributed by atoms with Gasteiger partial charge in [-0.2, -0.15) is 0 Å². The zero-order valence-corrected chi connectivity index (χ0v) is 13.0. The van der Waals surface area contributed by atoms with Crippen molar-refractivity contribution < 1.29 is 5.11 Å². The van der Waals surface area contributed by atoms with Crippen molar-refractivity contribution in [1.29, 1.82) is 0 Å². The SMILES string of the molecule is CC(C)CNCc1cc(Cl)ccc1N(C)C(C)CO. The highest BCUT2D eigenvalue weighted by Gasteiger charge is 2.13. The molecule has 1 atom stereocenters. The summed E-state index contributed by atoms with van der Waals surface area (Å²) in [5.74, 6) is 0.622. The molecule has 0 saturated heterocycles. The number of hydrogen-bond acceptors (Lipinski definition) is 3. The Morgan fingerprint density at radius 1 is 1.32 bits per heavy atom. The average molecular weight is 285 g/mol. The molecule has 1 rings (SSSR count). The van der Waals surface area contributed by atoms with Gasteiger partial charge in [0, 0.05) is 30.3 Å². The molecule has 1 aromatic rings. The Bertz CT molecular complexity index is 396. The van der Waals surface area contributed by atoms with Gasteiger partial charge in [0.05, 0.1) is 6.61 Å². The summed E-state index contributed by atoms with van der Waals surface area (Å²) in [6.07, 6.45) is 0. The van der Waals surface area contributed by atoms with Gasteiger partial charge in [-0.3, -0.25) is 0 Å². The van der Waals surface area contributed by atoms with E-state index in [1.807, 2.05) is 32.2 Å². The minimum Gasteiger partial charge on any atom is -0.394 e. The van der Waals surface area contributed by atoms with Crippen LogP contribution in [0.25, 0.3) is 0 Å². The molecule has 0 aliphatic heterocycles. The number of nitrogens with one attached hydrogen (secondary N) is 1. The van der Waals surface area contributed by atoms with Crippen LogP contribution in [0.4, 0.5) is 5.69 Å². The Kier molecular flexibility index (Phi) is 6.63. The maximum atomic E-state index is 9.28. The van der Waals surface area contributed by atoms with Gasteiger partial charge in [0.15, 0.2) is 0 Å². The molecule has 0 radical (unpaired) electrons. The summed E-state index contributed by atoms with van der Waals surface area (Å²) in [5.41, 5.74) is 2.28. The van der Waals surface area contributed by atoms with Crippen molar-refractivity contribution >= 4 is 17.3 Å². The van der Waals surface area contributed by atoms with E-state index >= 15 is 0 Å². The second kappa shape index (κ2) is 7.73. The Labute approximate surface area is 121 Å². The second-order valence-corrected chi connectivity index (χ2v) is 5.88. The number of hydrogen-bond donors (Lipinski definition) is 2. The lowest BCUT2D eigenvalue weighted by molar-refractivity contribution is 0.270. The molecule has 0 saturated carbocycles. The molecule has 0 fully saturated rings. The number of rotatable bonds is 7. The van der Waals surface area contributed by atoms with Crippen LogP contribution in [0.3, 0.4) is 0 Å². The molecular weight excluding hydrogens is 260 g/mol. The third kappa shape index (κ3) is 5.01. The monoisotopic (exact) mass is 284 g/mol. The minimum absolute atomic E-state index is 0.0880. The molecule has 2 N–H and O–H groups in total. The van der Waals surface area contributed by atoms with Gasteiger partial charge >= 0.3 is 0 Å². The van der Waals surface area contributed by atoms with E-state index in [4.69, 9.17) is 11.6 Å². The molecule has 3 nitrogen and oxygen atoms in total. The highest BCUT2D eigenvalue weighted by atomic mass is 35.5. The summed E-state index contributed by atoms with van der Waals surface area (Å²) in [7, 11) is 2.00. The van der Waals surface area contributed by atoms with E-state index in [1.54, 1.807) is 0 Å². The van der Waals surface area contributed by atoms with Crippen LogP contribution in [-0.4, -0.2) is 31.3 Å². The number of nitrogens with zero attached hydrogens (tertiary/aromatic N) is 1. The van der Waals surface area contributed by atoms with Crippen LogP contribution < -0.4 is 10.2 Å². The molecule has 0 heterocycles. The molecule has 1 aromatic carbocycles. The summed E-state index contributed by atoms with van der Waals surface area (Å²) < 4.78 is 0. The van der Waals surface area contributed by atoms with Crippen LogP contribution >= 0.6 is 11.6 Å². The number of aliphatic hydroxyl groups is 1. The zero-order chi connectivity index (χ0) is 14.4. The topological polar surface area (TPSA) is 35.5 Å². The number of likely N-dealkylation sites (N-methyl/N-ethyl adjacent to an activating group) is 1. The Morgan fingerprint density at radius 3 is 2.58 bits per heavy atom. The molecule has 0 aliphatic rings. The fourth-order valence-electron chi connectivity index (χ4n) is 1.90. The van der Waals surface area contributed by atoms with Crippen LogP contribution in [0.2, 0.25) is 5.02 Å². The van der Waals surface area contributed by atoms with Crippen molar-refractivity contribution in [2.24, 2.45) is 5.92 Å². The van der Waals surface area contributed by atoms with Gasteiger partial charge in [-0.15, -0.1) is 0 Å². The van der Waals surface area contributed by atoms with E-state index in [-0.39, 0.29) is 12.6 Å². The number of aliphatic hydroxyl groups excluding tert-OH is 1. The fourth-order valence-corrected chi connectivity index (χ4v) is 2.09. The lowest BCUT2D eigenvalue weighted by Crippen LogP contribution is -2.33. The van der Waals surface area contributed by atoms with Crippen LogP contribution in [0.15, 0.2) is 18.2 Å². The van der Waals surface area contributed by atoms with E-state index in [9.17, 15) is 5.11 Å². The van der Waals surface area contributed by atoms with E-state index in [2.05, 4.69) is 24.1 Å². The molecular formula is C15H25ClN2O. The van der Waals surface area contributed by atoms with E-state index in [0.29, 0.717) is 5.92 Å². The average Bonchev–Trinajstić information content (AvgIpc) is 2.37. The first-order chi connectivity index (χ1) is 8.95. The van der Waals surface area contributed by atoms with E-state index in [1.165, 1.54) is 0 Å². The third-order valence-electron chi connectivity index (χ3n) is 3.21. The largest absolute Gasteiger partial charge is 0.394 e. The summed E-state index contributed by atoms with van der Waals surface area (Å²) in [5, 5.41) is 13.5. The van der Waals surface area contributed by atoms with Gasteiger partial charge < -0.3 is 15.3 Å². The van der Waals surface area contributed by atoms with Crippen molar-refractivity contribution in [3.05, 3.63) is 28.8 Å². The Balaban J connectivity index is 2.85. The number of halogens is 1. The summed E-state index contributed by atoms with van der Waals surface area (Å²) in [4.78, 5) is 2.09. The fraction of sp³-hybridized carbons (Fsp3) is 0.600. The number of benzene rings is 1. The second-order valence-electron chi connectivity index (χ2n) is 5.44. The predicted octanol–water partition coefficient (Wildman–Crippen LogP) is 2.90. The van der Waals surface area contributed by atoms with Crippen LogP contribution in [0.5, 0.6) is 0 Å². The maximum absolute atomic E-state index is 9.28. The van der Waals surface area contributed by atoms with Crippen LogP contribution in [-0.2, 0) is 6.54 Å². The smallest absolute Gasteiger partial charge is 0.0632 e. The predicted molar refractivity (Wildman–Crippen MR) is 82.9 cm³/mol. The van der Waals surface area contributed by atoms with Crippen LogP contribution in [0.1, 0.15) is 26.3 Å². The summed E-state index contributed by atoms with van der Waals surface area (Å²) >= 11 is 6.08. The van der Waals surface area contributed by atoms with Crippen LogP contribution in [0, 0.1) is 5.92 Å². The highest BCUT2D eigenvalue weighted by Crippen LogP contribution is 2.25. The van der Waals surface area contributed by atoms with Gasteiger partial charge in [-0.25, -0.2) is 0 Å². The van der Waals surface area contributed by atoms with Crippen molar-refractivity contribution in [1.82, 2.24) is 5.32 Å². The Hall–Kier alpha value is -0.770. The first kappa shape index (κ1) is 16.3. The molecule has 1 unspecified atom stereocenters. The standard InChI is InChI=1S/C15H25ClN2O/c1-11(2)8-17-9-13-7-14(16)5-6-15(13)18(4)12(3)10-19/h5-7,11-12,17,19H,8-10H2,1-4H3. The number of anilines is 1. The molecule has 108 valence electrons. The third-order valence-corrected chi connectivity index (χ3v) is 3.45. The molecule has 19 heavy (non-hydrogen) atoms. The van der Waals surface area contributed by atoms with Crippen molar-refractivity contribution in [3.8, 4) is 0 Å². The summed E-state index contributed by atoms with van der Waals surface area (Å²) in [6.45, 7) is 8.28. The summed E-state index contributed by atoms with van der Waals surface area (Å²) in [6, 6.07) is 5.99. The molecule has 4 heteroatoms. The lowest BCUT2D eigenvalue weighted by Gasteiger charge is -2.28. The van der Waals surface area contributed by atoms with E-state index in [0.717, 1.165) is 29.4 Å². The van der Waals surface area contributed by atoms with Crippen molar-refractivity contribution in [2.45, 2.75) is 33.4 Å². The highest BCUT2D eigenvalue weighted by molar-refractivity contribution is 6.30. The molecule has 0 aliphatic carbocycles.